The number of hydrogen-bond acceptors (Lipinski definition) is 10. The Balaban J connectivity index is 0.000000320. The van der Waals surface area contributed by atoms with Crippen LogP contribution in [0.15, 0.2) is 31.8 Å². The summed E-state index contributed by atoms with van der Waals surface area (Å²) in [7, 11) is 0. The molecule has 2 N–H and O–H groups in total. The Morgan fingerprint density at radius 2 is 1.19 bits per heavy atom. The van der Waals surface area contributed by atoms with Crippen molar-refractivity contribution in [2.45, 2.75) is 23.9 Å². The van der Waals surface area contributed by atoms with Crippen LogP contribution in [0.4, 0.5) is 0 Å². The van der Waals surface area contributed by atoms with Crippen LogP contribution in [0, 0.1) is 22.7 Å². The standard InChI is InChI=1S/2C10H10N2O3S/c2*1-3-15-10(14)7-4-6(5-11)9(16-2)12-8(7)13/h2*4H,3H2,1-2H3,(H,12,13). The van der Waals surface area contributed by atoms with Crippen molar-refractivity contribution in [3.05, 3.63) is 55.1 Å². The van der Waals surface area contributed by atoms with Crippen LogP contribution in [0.3, 0.4) is 0 Å². The predicted octanol–water partition coefficient (Wildman–Crippen LogP) is 2.29. The van der Waals surface area contributed by atoms with E-state index in [-0.39, 0.29) is 35.5 Å². The lowest BCUT2D eigenvalue weighted by atomic mass is 10.2. The van der Waals surface area contributed by atoms with Gasteiger partial charge in [-0.3, -0.25) is 9.59 Å². The number of aromatic nitrogens is 2. The normalized spacial score (nSPS) is 9.56. The summed E-state index contributed by atoms with van der Waals surface area (Å²) in [5, 5.41) is 18.6. The minimum atomic E-state index is -0.715. The molecule has 0 aliphatic rings. The molecule has 0 aliphatic carbocycles. The fourth-order valence-electron chi connectivity index (χ4n) is 2.24. The maximum Gasteiger partial charge on any atom is 0.343 e. The third kappa shape index (κ3) is 6.77. The van der Waals surface area contributed by atoms with E-state index in [1.165, 1.54) is 35.7 Å². The van der Waals surface area contributed by atoms with Crippen LogP contribution in [0.1, 0.15) is 45.7 Å². The number of H-pyrrole nitrogens is 2. The molecule has 2 heterocycles. The number of pyridine rings is 2. The Hall–Kier alpha value is -3.48. The van der Waals surface area contributed by atoms with Gasteiger partial charge in [-0.05, 0) is 38.5 Å². The zero-order chi connectivity index (χ0) is 24.3. The average Bonchev–Trinajstić information content (AvgIpc) is 2.79. The number of rotatable bonds is 6. The zero-order valence-corrected chi connectivity index (χ0v) is 19.4. The van der Waals surface area contributed by atoms with Crippen LogP contribution in [0.25, 0.3) is 0 Å². The highest BCUT2D eigenvalue weighted by atomic mass is 32.2. The lowest BCUT2D eigenvalue weighted by Gasteiger charge is -2.03. The molecular formula is C20H20N4O6S2. The van der Waals surface area contributed by atoms with Gasteiger partial charge < -0.3 is 19.4 Å². The summed E-state index contributed by atoms with van der Waals surface area (Å²) in [6, 6.07) is 6.33. The van der Waals surface area contributed by atoms with E-state index in [9.17, 15) is 19.2 Å². The molecule has 0 saturated carbocycles. The Morgan fingerprint density at radius 1 is 0.844 bits per heavy atom. The number of ether oxygens (including phenoxy) is 2. The predicted molar refractivity (Wildman–Crippen MR) is 119 cm³/mol. The van der Waals surface area contributed by atoms with Gasteiger partial charge in [-0.1, -0.05) is 0 Å². The van der Waals surface area contributed by atoms with Crippen molar-refractivity contribution in [2.24, 2.45) is 0 Å². The summed E-state index contributed by atoms with van der Waals surface area (Å²) in [6.45, 7) is 3.66. The molecule has 12 heteroatoms. The molecule has 0 spiro atoms. The van der Waals surface area contributed by atoms with Gasteiger partial charge in [0.15, 0.2) is 0 Å². The fourth-order valence-corrected chi connectivity index (χ4v) is 3.27. The maximum absolute atomic E-state index is 11.5. The van der Waals surface area contributed by atoms with Gasteiger partial charge in [0.2, 0.25) is 0 Å². The number of carbonyl (C=O) groups is 2. The van der Waals surface area contributed by atoms with Gasteiger partial charge in [-0.15, -0.1) is 23.5 Å². The van der Waals surface area contributed by atoms with Gasteiger partial charge in [-0.25, -0.2) is 9.59 Å². The number of carbonyl (C=O) groups excluding carboxylic acids is 2. The fraction of sp³-hybridized carbons (Fsp3) is 0.300. The second-order valence-electron chi connectivity index (χ2n) is 5.58. The van der Waals surface area contributed by atoms with Crippen molar-refractivity contribution < 1.29 is 19.1 Å². The molecule has 0 amide bonds. The van der Waals surface area contributed by atoms with Crippen LogP contribution < -0.4 is 11.1 Å². The summed E-state index contributed by atoms with van der Waals surface area (Å²) in [6.07, 6.45) is 3.46. The van der Waals surface area contributed by atoms with Crippen molar-refractivity contribution >= 4 is 35.5 Å². The molecule has 2 aromatic heterocycles. The summed E-state index contributed by atoms with van der Waals surface area (Å²) >= 11 is 2.48. The summed E-state index contributed by atoms with van der Waals surface area (Å²) < 4.78 is 9.41. The smallest absolute Gasteiger partial charge is 0.343 e. The number of nitriles is 2. The lowest BCUT2D eigenvalue weighted by Crippen LogP contribution is -2.20. The van der Waals surface area contributed by atoms with Gasteiger partial charge >= 0.3 is 11.9 Å². The Kier molecular flexibility index (Phi) is 10.8. The van der Waals surface area contributed by atoms with E-state index in [1.807, 2.05) is 12.1 Å². The number of hydrogen-bond donors (Lipinski definition) is 2. The lowest BCUT2D eigenvalue weighted by molar-refractivity contribution is 0.0514. The number of nitrogens with zero attached hydrogens (tertiary/aromatic N) is 2. The van der Waals surface area contributed by atoms with Crippen molar-refractivity contribution in [1.29, 1.82) is 10.5 Å². The number of nitrogens with one attached hydrogen (secondary N) is 2. The Morgan fingerprint density at radius 3 is 1.44 bits per heavy atom. The first-order valence-electron chi connectivity index (χ1n) is 9.04. The van der Waals surface area contributed by atoms with E-state index in [0.29, 0.717) is 10.1 Å². The van der Waals surface area contributed by atoms with E-state index in [1.54, 1.807) is 26.4 Å². The molecule has 0 unspecified atom stereocenters. The minimum Gasteiger partial charge on any atom is -0.462 e. The molecule has 32 heavy (non-hydrogen) atoms. The van der Waals surface area contributed by atoms with Crippen LogP contribution in [0.5, 0.6) is 0 Å². The van der Waals surface area contributed by atoms with Crippen LogP contribution >= 0.6 is 23.5 Å². The third-order valence-electron chi connectivity index (χ3n) is 3.65. The van der Waals surface area contributed by atoms with Gasteiger partial charge in [-0.2, -0.15) is 10.5 Å². The van der Waals surface area contributed by atoms with E-state index < -0.39 is 23.1 Å². The first-order chi connectivity index (χ1) is 15.3. The van der Waals surface area contributed by atoms with E-state index in [2.05, 4.69) is 9.97 Å². The van der Waals surface area contributed by atoms with Crippen molar-refractivity contribution in [3.63, 3.8) is 0 Å². The van der Waals surface area contributed by atoms with Crippen molar-refractivity contribution in [3.8, 4) is 12.1 Å². The van der Waals surface area contributed by atoms with Crippen molar-refractivity contribution in [2.75, 3.05) is 25.7 Å². The molecule has 0 saturated heterocycles. The van der Waals surface area contributed by atoms with E-state index in [0.717, 1.165) is 0 Å². The van der Waals surface area contributed by atoms with Crippen LogP contribution in [-0.2, 0) is 9.47 Å². The first kappa shape index (κ1) is 26.6. The largest absolute Gasteiger partial charge is 0.462 e. The molecule has 0 aliphatic heterocycles. The van der Waals surface area contributed by atoms with Crippen molar-refractivity contribution in [1.82, 2.24) is 9.97 Å². The SMILES string of the molecule is CCOC(=O)c1cc(C#N)c(SC)[nH]c1=O.CCOC(=O)c1cc(C#N)c(SC)[nH]c1=O. The first-order valence-corrected chi connectivity index (χ1v) is 11.5. The second kappa shape index (κ2) is 13.0. The molecule has 10 nitrogen and oxygen atoms in total. The molecule has 0 bridgehead atoms. The van der Waals surface area contributed by atoms with Gasteiger partial charge in [0.1, 0.15) is 23.3 Å². The summed E-state index contributed by atoms with van der Waals surface area (Å²) in [5.41, 5.74) is -0.846. The minimum absolute atomic E-state index is 0.142. The molecule has 0 aromatic carbocycles. The maximum atomic E-state index is 11.5. The quantitative estimate of drug-likeness (QED) is 0.466. The van der Waals surface area contributed by atoms with Crippen LogP contribution in [0.2, 0.25) is 0 Å². The summed E-state index contributed by atoms with van der Waals surface area (Å²) in [4.78, 5) is 50.7. The van der Waals surface area contributed by atoms with Gasteiger partial charge in [0.25, 0.3) is 11.1 Å². The monoisotopic (exact) mass is 476 g/mol. The molecular weight excluding hydrogens is 456 g/mol. The molecule has 2 rings (SSSR count). The highest BCUT2D eigenvalue weighted by Crippen LogP contribution is 2.16. The van der Waals surface area contributed by atoms with Crippen LogP contribution in [-0.4, -0.2) is 47.6 Å². The van der Waals surface area contributed by atoms with E-state index >= 15 is 0 Å². The zero-order valence-electron chi connectivity index (χ0n) is 17.7. The molecule has 0 atom stereocenters. The molecule has 0 fully saturated rings. The van der Waals surface area contributed by atoms with Gasteiger partial charge in [0, 0.05) is 0 Å². The summed E-state index contributed by atoms with van der Waals surface area (Å²) in [5.74, 6) is -1.43. The number of esters is 2. The number of aromatic amines is 2. The molecule has 0 radical (unpaired) electrons. The Labute approximate surface area is 191 Å². The third-order valence-corrected chi connectivity index (χ3v) is 5.11. The average molecular weight is 477 g/mol. The number of thioether (sulfide) groups is 2. The molecule has 168 valence electrons. The van der Waals surface area contributed by atoms with E-state index in [4.69, 9.17) is 20.0 Å². The Bertz CT molecular complexity index is 1100. The second-order valence-corrected chi connectivity index (χ2v) is 7.22. The highest BCUT2D eigenvalue weighted by molar-refractivity contribution is 7.98. The highest BCUT2D eigenvalue weighted by Gasteiger charge is 2.16. The molecule has 2 aromatic rings. The van der Waals surface area contributed by atoms with Gasteiger partial charge in [0.05, 0.1) is 34.4 Å². The topological polar surface area (TPSA) is 166 Å².